The Morgan fingerprint density at radius 2 is 2.16 bits per heavy atom. The van der Waals surface area contributed by atoms with Crippen molar-refractivity contribution in [3.8, 4) is 0 Å². The first-order chi connectivity index (χ1) is 11.6. The van der Waals surface area contributed by atoms with Crippen molar-refractivity contribution in [3.63, 3.8) is 0 Å². The number of rotatable bonds is 5. The van der Waals surface area contributed by atoms with Crippen LogP contribution < -0.4 is 0 Å². The molecular weight excluding hydrogens is 328 g/mol. The summed E-state index contributed by atoms with van der Waals surface area (Å²) in [6, 6.07) is 0. The molecule has 1 spiro atoms. The number of hydrogen-bond donors (Lipinski definition) is 0. The van der Waals surface area contributed by atoms with Crippen LogP contribution in [-0.2, 0) is 14.0 Å². The number of carbonyl (C=O) groups is 1. The summed E-state index contributed by atoms with van der Waals surface area (Å²) >= 11 is 0. The van der Waals surface area contributed by atoms with Gasteiger partial charge in [-0.15, -0.1) is 6.58 Å². The second kappa shape index (κ2) is 6.17. The highest BCUT2D eigenvalue weighted by molar-refractivity contribution is 6.74. The molecule has 3 aliphatic rings. The molecule has 25 heavy (non-hydrogen) atoms. The van der Waals surface area contributed by atoms with Crippen LogP contribution in [-0.4, -0.2) is 31.9 Å². The van der Waals surface area contributed by atoms with E-state index in [0.29, 0.717) is 31.1 Å². The van der Waals surface area contributed by atoms with Crippen LogP contribution in [0.25, 0.3) is 0 Å². The maximum atomic E-state index is 13.0. The van der Waals surface area contributed by atoms with Crippen LogP contribution in [0.3, 0.4) is 0 Å². The lowest BCUT2D eigenvalue weighted by Crippen LogP contribution is -2.56. The number of Topliss-reactive ketones (excluding diaryl/α,β-unsaturated/α-hetero) is 1. The van der Waals surface area contributed by atoms with Gasteiger partial charge in [-0.25, -0.2) is 0 Å². The van der Waals surface area contributed by atoms with Crippen molar-refractivity contribution >= 4 is 14.1 Å². The Hall–Kier alpha value is -0.713. The van der Waals surface area contributed by atoms with E-state index in [1.165, 1.54) is 0 Å². The van der Waals surface area contributed by atoms with E-state index in [0.717, 1.165) is 19.3 Å². The van der Waals surface area contributed by atoms with Gasteiger partial charge in [-0.3, -0.25) is 4.79 Å². The van der Waals surface area contributed by atoms with E-state index >= 15 is 0 Å². The van der Waals surface area contributed by atoms with Crippen LogP contribution in [0.4, 0.5) is 0 Å². The molecule has 4 atom stereocenters. The third-order valence-electron chi connectivity index (χ3n) is 7.13. The van der Waals surface area contributed by atoms with Gasteiger partial charge >= 0.3 is 0 Å². The van der Waals surface area contributed by atoms with Crippen molar-refractivity contribution < 1.29 is 14.0 Å². The third-order valence-corrected chi connectivity index (χ3v) is 11.6. The van der Waals surface area contributed by atoms with Crippen molar-refractivity contribution in [1.29, 1.82) is 0 Å². The topological polar surface area (TPSA) is 35.5 Å². The number of hydrogen-bond acceptors (Lipinski definition) is 3. The largest absolute Gasteiger partial charge is 0.414 e. The fourth-order valence-corrected chi connectivity index (χ4v) is 5.59. The van der Waals surface area contributed by atoms with Gasteiger partial charge in [0.15, 0.2) is 8.32 Å². The quantitative estimate of drug-likeness (QED) is 0.508. The van der Waals surface area contributed by atoms with Gasteiger partial charge in [0.1, 0.15) is 11.4 Å². The minimum Gasteiger partial charge on any atom is -0.414 e. The lowest BCUT2D eigenvalue weighted by molar-refractivity contribution is -0.192. The molecular formula is C21H34O3Si. The predicted molar refractivity (Wildman–Crippen MR) is 104 cm³/mol. The van der Waals surface area contributed by atoms with Crippen molar-refractivity contribution in [3.05, 3.63) is 24.8 Å². The van der Waals surface area contributed by atoms with Gasteiger partial charge < -0.3 is 9.16 Å². The normalized spacial score (nSPS) is 37.9. The van der Waals surface area contributed by atoms with Crippen LogP contribution in [0, 0.1) is 11.8 Å². The second-order valence-electron chi connectivity index (χ2n) is 9.78. The zero-order valence-corrected chi connectivity index (χ0v) is 17.6. The van der Waals surface area contributed by atoms with Gasteiger partial charge in [0.2, 0.25) is 0 Å². The SMILES string of the molecule is C=CC[C@H]1C(=O)C[C@@]23CCC=C[C@@H]2C[C@]1(CO[Si](C)(C)C(C)(C)C)O3. The van der Waals surface area contributed by atoms with Gasteiger partial charge in [-0.2, -0.15) is 0 Å². The first kappa shape index (κ1) is 19.1. The molecule has 0 unspecified atom stereocenters. The molecule has 0 aromatic carbocycles. The maximum Gasteiger partial charge on any atom is 0.192 e. The van der Waals surface area contributed by atoms with Gasteiger partial charge in [0.05, 0.1) is 18.1 Å². The fraction of sp³-hybridized carbons (Fsp3) is 0.762. The smallest absolute Gasteiger partial charge is 0.192 e. The molecule has 0 aromatic heterocycles. The van der Waals surface area contributed by atoms with Crippen molar-refractivity contribution in [2.24, 2.45) is 11.8 Å². The molecule has 0 amide bonds. The molecule has 0 radical (unpaired) electrons. The number of fused-ring (bicyclic) bond motifs is 1. The number of carbonyl (C=O) groups excluding carboxylic acids is 1. The van der Waals surface area contributed by atoms with Crippen LogP contribution in [0.5, 0.6) is 0 Å². The van der Waals surface area contributed by atoms with Crippen LogP contribution in [0.1, 0.15) is 52.9 Å². The van der Waals surface area contributed by atoms with E-state index in [-0.39, 0.29) is 16.6 Å². The molecule has 2 fully saturated rings. The molecule has 140 valence electrons. The minimum absolute atomic E-state index is 0.112. The Kier molecular flexibility index (Phi) is 4.71. The molecule has 0 N–H and O–H groups in total. The van der Waals surface area contributed by atoms with E-state index < -0.39 is 13.9 Å². The lowest BCUT2D eigenvalue weighted by atomic mass is 9.76. The van der Waals surface area contributed by atoms with Crippen LogP contribution >= 0.6 is 0 Å². The van der Waals surface area contributed by atoms with Gasteiger partial charge in [0.25, 0.3) is 0 Å². The van der Waals surface area contributed by atoms with Gasteiger partial charge in [-0.05, 0) is 43.8 Å². The number of ketones is 1. The fourth-order valence-electron chi connectivity index (χ4n) is 4.55. The van der Waals surface area contributed by atoms with Crippen molar-refractivity contribution in [2.45, 2.75) is 82.2 Å². The van der Waals surface area contributed by atoms with E-state index in [1.54, 1.807) is 0 Å². The molecule has 2 saturated heterocycles. The monoisotopic (exact) mass is 362 g/mol. The molecule has 2 bridgehead atoms. The van der Waals surface area contributed by atoms with Crippen molar-refractivity contribution in [1.82, 2.24) is 0 Å². The molecule has 3 rings (SSSR count). The predicted octanol–water partition coefficient (Wildman–Crippen LogP) is 5.04. The standard InChI is InChI=1S/C21H34O3Si/c1-7-10-17-18(22)14-20-12-9-8-11-16(20)13-21(17,24-20)15-23-25(5,6)19(2,3)4/h7-8,11,16-17H,1,9-10,12-15H2,2-6H3/t16-,17+,20+,21-/m1/s1. The molecule has 3 nitrogen and oxygen atoms in total. The van der Waals surface area contributed by atoms with E-state index in [4.69, 9.17) is 9.16 Å². The molecule has 1 aliphatic carbocycles. The number of allylic oxidation sites excluding steroid dienone is 2. The summed E-state index contributed by atoms with van der Waals surface area (Å²) in [7, 11) is -1.89. The summed E-state index contributed by atoms with van der Waals surface area (Å²) in [5, 5.41) is 0.152. The van der Waals surface area contributed by atoms with E-state index in [2.05, 4.69) is 52.6 Å². The summed E-state index contributed by atoms with van der Waals surface area (Å²) in [4.78, 5) is 13.0. The Morgan fingerprint density at radius 1 is 1.44 bits per heavy atom. The average molecular weight is 363 g/mol. The maximum absolute atomic E-state index is 13.0. The highest BCUT2D eigenvalue weighted by Gasteiger charge is 2.64. The van der Waals surface area contributed by atoms with Gasteiger partial charge in [0, 0.05) is 12.3 Å². The number of ether oxygens (including phenoxy) is 1. The molecule has 4 heteroatoms. The molecule has 0 saturated carbocycles. The molecule has 0 aromatic rings. The average Bonchev–Trinajstić information content (AvgIpc) is 2.79. The second-order valence-corrected chi connectivity index (χ2v) is 14.6. The lowest BCUT2D eigenvalue weighted by Gasteiger charge is -2.47. The Morgan fingerprint density at radius 3 is 2.80 bits per heavy atom. The summed E-state index contributed by atoms with van der Waals surface area (Å²) in [6.45, 7) is 15.7. The van der Waals surface area contributed by atoms with Crippen molar-refractivity contribution in [2.75, 3.05) is 6.61 Å². The molecule has 2 aliphatic heterocycles. The van der Waals surface area contributed by atoms with E-state index in [9.17, 15) is 4.79 Å². The highest BCUT2D eigenvalue weighted by atomic mass is 28.4. The zero-order valence-electron chi connectivity index (χ0n) is 16.6. The first-order valence-corrected chi connectivity index (χ1v) is 12.6. The van der Waals surface area contributed by atoms with Crippen LogP contribution in [0.2, 0.25) is 18.1 Å². The minimum atomic E-state index is -1.89. The Balaban J connectivity index is 1.90. The summed E-state index contributed by atoms with van der Waals surface area (Å²) in [5.41, 5.74) is -0.751. The molecule has 2 heterocycles. The Labute approximate surface area is 154 Å². The first-order valence-electron chi connectivity index (χ1n) is 9.70. The highest BCUT2D eigenvalue weighted by Crippen LogP contribution is 2.57. The summed E-state index contributed by atoms with van der Waals surface area (Å²) in [6.07, 6.45) is 10.5. The summed E-state index contributed by atoms with van der Waals surface area (Å²) in [5.74, 6) is 0.588. The van der Waals surface area contributed by atoms with E-state index in [1.807, 2.05) is 6.08 Å². The Bertz CT molecular complexity index is 588. The van der Waals surface area contributed by atoms with Gasteiger partial charge in [-0.1, -0.05) is 39.0 Å². The summed E-state index contributed by atoms with van der Waals surface area (Å²) < 4.78 is 13.4. The van der Waals surface area contributed by atoms with Crippen LogP contribution in [0.15, 0.2) is 24.8 Å². The zero-order chi connectivity index (χ0) is 18.5. The third kappa shape index (κ3) is 3.11.